The Morgan fingerprint density at radius 2 is 1.83 bits per heavy atom. The number of ether oxygens (including phenoxy) is 2. The zero-order valence-corrected chi connectivity index (χ0v) is 21.9. The van der Waals surface area contributed by atoms with Crippen molar-refractivity contribution in [3.05, 3.63) is 84.3 Å². The Balaban J connectivity index is 1.54. The second kappa shape index (κ2) is 11.4. The van der Waals surface area contributed by atoms with Crippen molar-refractivity contribution in [2.75, 3.05) is 17.7 Å². The van der Waals surface area contributed by atoms with Gasteiger partial charge < -0.3 is 20.5 Å². The van der Waals surface area contributed by atoms with Crippen LogP contribution in [0.25, 0.3) is 11.3 Å². The molecule has 9 heteroatoms. The molecule has 0 spiro atoms. The van der Waals surface area contributed by atoms with Crippen molar-refractivity contribution >= 4 is 25.4 Å². The summed E-state index contributed by atoms with van der Waals surface area (Å²) in [6.07, 6.45) is 1.74. The molecule has 7 nitrogen and oxygen atoms in total. The van der Waals surface area contributed by atoms with E-state index in [0.717, 1.165) is 28.7 Å². The van der Waals surface area contributed by atoms with Crippen molar-refractivity contribution in [2.45, 2.75) is 39.0 Å². The van der Waals surface area contributed by atoms with E-state index in [1.54, 1.807) is 29.1 Å². The minimum Gasteiger partial charge on any atom is -0.487 e. The quantitative estimate of drug-likeness (QED) is 0.141. The zero-order chi connectivity index (χ0) is 25.5. The topological polar surface area (TPSA) is 87.2 Å². The molecule has 0 atom stereocenters. The lowest BCUT2D eigenvalue weighted by Crippen LogP contribution is -2.22. The predicted molar refractivity (Wildman–Crippen MR) is 144 cm³/mol. The van der Waals surface area contributed by atoms with Gasteiger partial charge in [0.25, 0.3) is 0 Å². The number of nitrogen functional groups attached to an aromatic ring is 1. The SMILES string of the molecule is C[Si](C)(C)CCOCn1nc(-c2ccc(N)c(OCc3ccc(F)cc3)c2)cc1Nc1ccccn1. The van der Waals surface area contributed by atoms with E-state index in [-0.39, 0.29) is 12.4 Å². The van der Waals surface area contributed by atoms with Crippen molar-refractivity contribution in [2.24, 2.45) is 0 Å². The maximum Gasteiger partial charge on any atom is 0.143 e. The number of rotatable bonds is 11. The van der Waals surface area contributed by atoms with E-state index in [2.05, 4.69) is 29.9 Å². The first-order valence-corrected chi connectivity index (χ1v) is 15.6. The second-order valence-electron chi connectivity index (χ2n) is 9.77. The van der Waals surface area contributed by atoms with Gasteiger partial charge in [-0.3, -0.25) is 0 Å². The summed E-state index contributed by atoms with van der Waals surface area (Å²) >= 11 is 0. The highest BCUT2D eigenvalue weighted by molar-refractivity contribution is 6.76. The maximum absolute atomic E-state index is 13.2. The highest BCUT2D eigenvalue weighted by atomic mass is 28.3. The Hall–Kier alpha value is -3.69. The number of pyridine rings is 1. The summed E-state index contributed by atoms with van der Waals surface area (Å²) in [6.45, 7) is 8.27. The van der Waals surface area contributed by atoms with Crippen molar-refractivity contribution in [1.82, 2.24) is 14.8 Å². The van der Waals surface area contributed by atoms with Crippen LogP contribution in [-0.4, -0.2) is 29.4 Å². The summed E-state index contributed by atoms with van der Waals surface area (Å²) in [5.74, 6) is 1.74. The molecule has 2 heterocycles. The third-order valence-corrected chi connectivity index (χ3v) is 7.23. The largest absolute Gasteiger partial charge is 0.487 e. The molecule has 0 bridgehead atoms. The molecule has 0 fully saturated rings. The van der Waals surface area contributed by atoms with E-state index >= 15 is 0 Å². The van der Waals surface area contributed by atoms with Gasteiger partial charge in [-0.15, -0.1) is 0 Å². The Labute approximate surface area is 212 Å². The van der Waals surface area contributed by atoms with Crippen LogP contribution in [0.4, 0.5) is 21.7 Å². The lowest BCUT2D eigenvalue weighted by Gasteiger charge is -2.16. The number of hydrogen-bond donors (Lipinski definition) is 2. The molecule has 188 valence electrons. The number of nitrogens with two attached hydrogens (primary N) is 1. The number of hydrogen-bond acceptors (Lipinski definition) is 6. The molecule has 0 aliphatic rings. The minimum absolute atomic E-state index is 0.278. The molecular formula is C27H32FN5O2Si. The summed E-state index contributed by atoms with van der Waals surface area (Å²) in [4.78, 5) is 4.36. The van der Waals surface area contributed by atoms with Gasteiger partial charge in [-0.2, -0.15) is 5.10 Å². The lowest BCUT2D eigenvalue weighted by atomic mass is 10.1. The zero-order valence-electron chi connectivity index (χ0n) is 20.9. The Kier molecular flexibility index (Phi) is 8.02. The Morgan fingerprint density at radius 1 is 1.03 bits per heavy atom. The number of nitrogens with zero attached hydrogens (tertiary/aromatic N) is 3. The van der Waals surface area contributed by atoms with Gasteiger partial charge in [-0.25, -0.2) is 14.1 Å². The first kappa shape index (κ1) is 25.4. The van der Waals surface area contributed by atoms with Crippen LogP contribution in [0, 0.1) is 5.82 Å². The number of aromatic nitrogens is 3. The average Bonchev–Trinajstić information content (AvgIpc) is 3.25. The van der Waals surface area contributed by atoms with Crippen LogP contribution in [0.5, 0.6) is 5.75 Å². The van der Waals surface area contributed by atoms with Gasteiger partial charge in [0.15, 0.2) is 0 Å². The summed E-state index contributed by atoms with van der Waals surface area (Å²) < 4.78 is 26.9. The predicted octanol–water partition coefficient (Wildman–Crippen LogP) is 6.30. The first-order chi connectivity index (χ1) is 17.3. The van der Waals surface area contributed by atoms with E-state index in [9.17, 15) is 4.39 Å². The molecule has 4 aromatic rings. The van der Waals surface area contributed by atoms with Crippen molar-refractivity contribution in [1.29, 1.82) is 0 Å². The van der Waals surface area contributed by atoms with Gasteiger partial charge >= 0.3 is 0 Å². The van der Waals surface area contributed by atoms with Crippen LogP contribution >= 0.6 is 0 Å². The maximum atomic E-state index is 13.2. The van der Waals surface area contributed by atoms with Crippen LogP contribution in [-0.2, 0) is 18.1 Å². The van der Waals surface area contributed by atoms with Gasteiger partial charge in [0.2, 0.25) is 0 Å². The summed E-state index contributed by atoms with van der Waals surface area (Å²) in [7, 11) is -1.19. The number of halogens is 1. The molecule has 0 aliphatic carbocycles. The first-order valence-electron chi connectivity index (χ1n) is 11.9. The van der Waals surface area contributed by atoms with Crippen molar-refractivity contribution < 1.29 is 13.9 Å². The van der Waals surface area contributed by atoms with E-state index in [1.807, 2.05) is 36.4 Å². The van der Waals surface area contributed by atoms with E-state index in [4.69, 9.17) is 20.3 Å². The molecule has 0 unspecified atom stereocenters. The number of benzene rings is 2. The molecule has 0 amide bonds. The summed E-state index contributed by atoms with van der Waals surface area (Å²) in [5.41, 5.74) is 9.12. The number of nitrogens with one attached hydrogen (secondary N) is 1. The molecule has 4 rings (SSSR count). The fourth-order valence-electron chi connectivity index (χ4n) is 3.41. The number of anilines is 3. The Morgan fingerprint density at radius 3 is 2.56 bits per heavy atom. The van der Waals surface area contributed by atoms with Crippen LogP contribution in [0.3, 0.4) is 0 Å². The lowest BCUT2D eigenvalue weighted by molar-refractivity contribution is 0.0803. The third-order valence-electron chi connectivity index (χ3n) is 5.53. The van der Waals surface area contributed by atoms with Crippen molar-refractivity contribution in [3.8, 4) is 17.0 Å². The fraction of sp³-hybridized carbons (Fsp3) is 0.259. The van der Waals surface area contributed by atoms with Crippen LogP contribution in [0.15, 0.2) is 72.9 Å². The molecule has 0 radical (unpaired) electrons. The standard InChI is InChI=1S/C27H32FN5O2Si/c1-36(2,3)15-14-34-19-33-27(31-26-6-4-5-13-30-26)17-24(32-33)21-9-12-23(29)25(16-21)35-18-20-7-10-22(28)11-8-20/h4-13,16-17H,14-15,18-19,29H2,1-3H3,(H,30,31). The molecule has 0 saturated heterocycles. The molecule has 0 saturated carbocycles. The highest BCUT2D eigenvalue weighted by Crippen LogP contribution is 2.31. The summed E-state index contributed by atoms with van der Waals surface area (Å²) in [5, 5.41) is 8.11. The van der Waals surface area contributed by atoms with Gasteiger partial charge in [-0.1, -0.05) is 43.9 Å². The van der Waals surface area contributed by atoms with Crippen LogP contribution in [0.1, 0.15) is 5.56 Å². The second-order valence-corrected chi connectivity index (χ2v) is 15.4. The Bertz CT molecular complexity index is 1270. The smallest absolute Gasteiger partial charge is 0.143 e. The normalized spacial score (nSPS) is 11.4. The van der Waals surface area contributed by atoms with Gasteiger partial charge in [0, 0.05) is 32.5 Å². The van der Waals surface area contributed by atoms with E-state index in [0.29, 0.717) is 30.6 Å². The summed E-state index contributed by atoms with van der Waals surface area (Å²) in [6, 6.07) is 20.5. The molecule has 2 aromatic carbocycles. The monoisotopic (exact) mass is 505 g/mol. The third kappa shape index (κ3) is 7.16. The molecule has 3 N–H and O–H groups in total. The average molecular weight is 506 g/mol. The minimum atomic E-state index is -1.19. The molecule has 0 aliphatic heterocycles. The highest BCUT2D eigenvalue weighted by Gasteiger charge is 2.15. The van der Waals surface area contributed by atoms with Crippen LogP contribution in [0.2, 0.25) is 25.7 Å². The van der Waals surface area contributed by atoms with Gasteiger partial charge in [-0.05, 0) is 48.0 Å². The van der Waals surface area contributed by atoms with Crippen molar-refractivity contribution in [3.63, 3.8) is 0 Å². The van der Waals surface area contributed by atoms with Gasteiger partial charge in [0.05, 0.1) is 11.4 Å². The van der Waals surface area contributed by atoms with Gasteiger partial charge in [0.1, 0.15) is 36.5 Å². The molecular weight excluding hydrogens is 473 g/mol. The van der Waals surface area contributed by atoms with Crippen LogP contribution < -0.4 is 15.8 Å². The molecule has 2 aromatic heterocycles. The van der Waals surface area contributed by atoms with E-state index in [1.165, 1.54) is 12.1 Å². The molecule has 36 heavy (non-hydrogen) atoms. The van der Waals surface area contributed by atoms with E-state index < -0.39 is 8.07 Å². The fourth-order valence-corrected chi connectivity index (χ4v) is 4.17.